The second-order valence-electron chi connectivity index (χ2n) is 6.72. The van der Waals surface area contributed by atoms with E-state index in [2.05, 4.69) is 46.8 Å². The summed E-state index contributed by atoms with van der Waals surface area (Å²) in [5.74, 6) is 0.819. The van der Waals surface area contributed by atoms with Crippen molar-refractivity contribution in [3.63, 3.8) is 0 Å². The molecule has 0 atom stereocenters. The molecule has 1 aromatic carbocycles. The maximum absolute atomic E-state index is 8.71. The molecule has 0 unspecified atom stereocenters. The van der Waals surface area contributed by atoms with Crippen molar-refractivity contribution in [3.05, 3.63) is 29.8 Å². The highest BCUT2D eigenvalue weighted by Gasteiger charge is 2.27. The van der Waals surface area contributed by atoms with Crippen LogP contribution in [0.5, 0.6) is 5.75 Å². The number of aliphatic hydroxyl groups is 1. The molecule has 18 heavy (non-hydrogen) atoms. The van der Waals surface area contributed by atoms with E-state index in [1.54, 1.807) is 0 Å². The number of rotatable bonds is 5. The van der Waals surface area contributed by atoms with Crippen LogP contribution in [0.25, 0.3) is 0 Å². The first-order valence-corrected chi connectivity index (χ1v) is 6.59. The van der Waals surface area contributed by atoms with Crippen LogP contribution in [0, 0.1) is 5.41 Å². The summed E-state index contributed by atoms with van der Waals surface area (Å²) >= 11 is 0. The van der Waals surface area contributed by atoms with E-state index in [9.17, 15) is 0 Å². The van der Waals surface area contributed by atoms with Crippen LogP contribution in [0.15, 0.2) is 24.3 Å². The second-order valence-corrected chi connectivity index (χ2v) is 6.72. The van der Waals surface area contributed by atoms with Gasteiger partial charge in [-0.25, -0.2) is 0 Å². The zero-order valence-corrected chi connectivity index (χ0v) is 12.3. The molecule has 2 heteroatoms. The minimum atomic E-state index is 0.0528. The van der Waals surface area contributed by atoms with Crippen LogP contribution >= 0.6 is 0 Å². The summed E-state index contributed by atoms with van der Waals surface area (Å²) in [4.78, 5) is 0. The van der Waals surface area contributed by atoms with Crippen LogP contribution in [-0.4, -0.2) is 18.3 Å². The predicted molar refractivity (Wildman–Crippen MR) is 76.1 cm³/mol. The highest BCUT2D eigenvalue weighted by atomic mass is 16.6. The van der Waals surface area contributed by atoms with Crippen LogP contribution in [0.3, 0.4) is 0 Å². The van der Waals surface area contributed by atoms with E-state index in [0.717, 1.165) is 12.2 Å². The van der Waals surface area contributed by atoms with Crippen molar-refractivity contribution in [2.75, 3.05) is 13.2 Å². The van der Waals surface area contributed by atoms with Gasteiger partial charge in [0.15, 0.2) is 0 Å². The molecule has 0 aliphatic heterocycles. The molecular formula is C16H26O2. The summed E-state index contributed by atoms with van der Waals surface area (Å²) in [6.45, 7) is 11.8. The van der Waals surface area contributed by atoms with Crippen molar-refractivity contribution in [1.82, 2.24) is 0 Å². The van der Waals surface area contributed by atoms with E-state index in [1.165, 1.54) is 5.56 Å². The number of hydrogen-bond acceptors (Lipinski definition) is 2. The van der Waals surface area contributed by atoms with Crippen LogP contribution in [0.2, 0.25) is 0 Å². The fourth-order valence-corrected chi connectivity index (χ4v) is 2.59. The predicted octanol–water partition coefficient (Wildman–Crippen LogP) is 3.77. The molecule has 0 saturated heterocycles. The largest absolute Gasteiger partial charge is 0.491 e. The molecule has 1 rings (SSSR count). The van der Waals surface area contributed by atoms with Crippen molar-refractivity contribution in [3.8, 4) is 5.75 Å². The van der Waals surface area contributed by atoms with Crippen molar-refractivity contribution in [2.45, 2.75) is 46.5 Å². The van der Waals surface area contributed by atoms with Gasteiger partial charge < -0.3 is 9.84 Å². The zero-order valence-electron chi connectivity index (χ0n) is 12.3. The fraction of sp³-hybridized carbons (Fsp3) is 0.625. The van der Waals surface area contributed by atoms with Gasteiger partial charge in [0.1, 0.15) is 12.4 Å². The first kappa shape index (κ1) is 15.0. The Morgan fingerprint density at radius 3 is 2.00 bits per heavy atom. The Balaban J connectivity index is 2.77. The highest BCUT2D eigenvalue weighted by Crippen LogP contribution is 2.36. The van der Waals surface area contributed by atoms with Gasteiger partial charge in [-0.15, -0.1) is 0 Å². The molecule has 0 radical (unpaired) electrons. The first-order chi connectivity index (χ1) is 8.24. The minimum absolute atomic E-state index is 0.0528. The molecule has 0 bridgehead atoms. The maximum Gasteiger partial charge on any atom is 0.119 e. The van der Waals surface area contributed by atoms with Crippen molar-refractivity contribution in [1.29, 1.82) is 0 Å². The van der Waals surface area contributed by atoms with Crippen LogP contribution in [0.1, 0.15) is 46.6 Å². The number of aliphatic hydroxyl groups excluding tert-OH is 1. The van der Waals surface area contributed by atoms with Gasteiger partial charge >= 0.3 is 0 Å². The van der Waals surface area contributed by atoms with E-state index in [0.29, 0.717) is 12.0 Å². The molecule has 0 aliphatic rings. The van der Waals surface area contributed by atoms with Crippen LogP contribution < -0.4 is 4.74 Å². The van der Waals surface area contributed by atoms with Gasteiger partial charge in [0, 0.05) is 0 Å². The molecule has 1 aromatic rings. The lowest BCUT2D eigenvalue weighted by atomic mass is 9.80. The standard InChI is InChI=1S/C16H26O2/c1-15(2,3)12-16(4,5)13-6-8-14(9-7-13)18-11-10-17/h6-9,17H,10-12H2,1-5H3/i6+1,7+1,8+1,9+1,13+1,14+1. The molecule has 0 aliphatic carbocycles. The topological polar surface area (TPSA) is 29.5 Å². The van der Waals surface area contributed by atoms with Crippen molar-refractivity contribution in [2.24, 2.45) is 5.41 Å². The molecule has 1 N–H and O–H groups in total. The maximum atomic E-state index is 8.71. The smallest absolute Gasteiger partial charge is 0.119 e. The summed E-state index contributed by atoms with van der Waals surface area (Å²) < 4.78 is 5.37. The Morgan fingerprint density at radius 2 is 1.56 bits per heavy atom. The fourth-order valence-electron chi connectivity index (χ4n) is 2.59. The van der Waals surface area contributed by atoms with E-state index in [-0.39, 0.29) is 12.0 Å². The summed E-state index contributed by atoms with van der Waals surface area (Å²) in [6.07, 6.45) is 1.14. The first-order valence-electron chi connectivity index (χ1n) is 6.59. The average molecular weight is 256 g/mol. The number of hydrogen-bond donors (Lipinski definition) is 1. The number of benzene rings is 1. The zero-order chi connectivity index (χ0) is 13.8. The van der Waals surface area contributed by atoms with E-state index in [4.69, 9.17) is 9.84 Å². The molecule has 0 aromatic heterocycles. The molecule has 102 valence electrons. The quantitative estimate of drug-likeness (QED) is 0.869. The van der Waals surface area contributed by atoms with Gasteiger partial charge in [-0.1, -0.05) is 46.8 Å². The van der Waals surface area contributed by atoms with E-state index in [1.807, 2.05) is 12.1 Å². The Morgan fingerprint density at radius 1 is 1.00 bits per heavy atom. The van der Waals surface area contributed by atoms with Gasteiger partial charge in [-0.2, -0.15) is 0 Å². The van der Waals surface area contributed by atoms with E-state index >= 15 is 0 Å². The summed E-state index contributed by atoms with van der Waals surface area (Å²) in [5, 5.41) is 8.71. The third kappa shape index (κ3) is 4.69. The lowest BCUT2D eigenvalue weighted by Gasteiger charge is -2.33. The summed E-state index contributed by atoms with van der Waals surface area (Å²) in [5.41, 5.74) is 1.80. The van der Waals surface area contributed by atoms with Crippen molar-refractivity contribution < 1.29 is 9.84 Å². The second kappa shape index (κ2) is 5.75. The van der Waals surface area contributed by atoms with Crippen LogP contribution in [-0.2, 0) is 5.41 Å². The monoisotopic (exact) mass is 256 g/mol. The van der Waals surface area contributed by atoms with Crippen molar-refractivity contribution >= 4 is 0 Å². The van der Waals surface area contributed by atoms with Gasteiger partial charge in [0.05, 0.1) is 6.61 Å². The Labute approximate surface area is 111 Å². The molecule has 2 nitrogen and oxygen atoms in total. The van der Waals surface area contributed by atoms with Gasteiger partial charge in [-0.3, -0.25) is 0 Å². The lowest BCUT2D eigenvalue weighted by Crippen LogP contribution is -2.24. The summed E-state index contributed by atoms with van der Waals surface area (Å²) in [6, 6.07) is 8.21. The third-order valence-corrected chi connectivity index (χ3v) is 2.97. The van der Waals surface area contributed by atoms with Gasteiger partial charge in [0.25, 0.3) is 0 Å². The summed E-state index contributed by atoms with van der Waals surface area (Å²) in [7, 11) is 0. The molecule has 0 heterocycles. The highest BCUT2D eigenvalue weighted by molar-refractivity contribution is 5.31. The number of ether oxygens (including phenoxy) is 1. The van der Waals surface area contributed by atoms with Gasteiger partial charge in [0.2, 0.25) is 0 Å². The third-order valence-electron chi connectivity index (χ3n) is 2.97. The molecule has 0 fully saturated rings. The normalized spacial score (nSPS) is 12.6. The minimum Gasteiger partial charge on any atom is -0.491 e. The lowest BCUT2D eigenvalue weighted by molar-refractivity contribution is 0.201. The molecular weight excluding hydrogens is 230 g/mol. The Hall–Kier alpha value is -1.02. The SMILES string of the molecule is CC(C)(C)CC(C)(C)[13c]1[13cH][13cH][13c](OCCO)[13cH][13cH]1. The van der Waals surface area contributed by atoms with Crippen LogP contribution in [0.4, 0.5) is 0 Å². The van der Waals surface area contributed by atoms with Gasteiger partial charge in [-0.05, 0) is 34.9 Å². The Bertz CT molecular complexity index is 358. The molecule has 0 saturated carbocycles. The van der Waals surface area contributed by atoms with E-state index < -0.39 is 0 Å². The molecule has 0 spiro atoms. The Kier molecular flexibility index (Phi) is 4.80. The average Bonchev–Trinajstić information content (AvgIpc) is 2.23. The molecule has 0 amide bonds.